The summed E-state index contributed by atoms with van der Waals surface area (Å²) in [6, 6.07) is 17.8. The van der Waals surface area contributed by atoms with Gasteiger partial charge in [0.2, 0.25) is 0 Å². The Balaban J connectivity index is 0.000000478. The van der Waals surface area contributed by atoms with Gasteiger partial charge in [-0.25, -0.2) is 0 Å². The molecule has 4 rings (SSSR count). The normalized spacial score (nSPS) is 12.6. The minimum Gasteiger partial charge on any atom is -0.183 e. The molecule has 0 aromatic heterocycles. The van der Waals surface area contributed by atoms with E-state index in [4.69, 9.17) is 0 Å². The summed E-state index contributed by atoms with van der Waals surface area (Å²) in [4.78, 5) is 0. The van der Waals surface area contributed by atoms with Gasteiger partial charge in [0.05, 0.1) is 0 Å². The van der Waals surface area contributed by atoms with Gasteiger partial charge in [-0.3, -0.25) is 0 Å². The SMILES string of the molecule is CS.c1cc2c3c(c1)ccc1cccc(c13)CC2. The third-order valence-electron chi connectivity index (χ3n) is 3.72. The fourth-order valence-corrected chi connectivity index (χ4v) is 2.99. The van der Waals surface area contributed by atoms with Gasteiger partial charge in [0.15, 0.2) is 0 Å². The highest BCUT2D eigenvalue weighted by molar-refractivity contribution is 7.79. The highest BCUT2D eigenvalue weighted by atomic mass is 32.1. The van der Waals surface area contributed by atoms with Crippen molar-refractivity contribution in [1.29, 1.82) is 0 Å². The summed E-state index contributed by atoms with van der Waals surface area (Å²) in [6.07, 6.45) is 4.07. The third-order valence-corrected chi connectivity index (χ3v) is 3.72. The maximum Gasteiger partial charge on any atom is -0.00704 e. The fourth-order valence-electron chi connectivity index (χ4n) is 2.99. The van der Waals surface area contributed by atoms with Gasteiger partial charge in [-0.1, -0.05) is 48.5 Å². The first-order valence-electron chi connectivity index (χ1n) is 6.30. The van der Waals surface area contributed by atoms with Crippen molar-refractivity contribution in [3.63, 3.8) is 0 Å². The van der Waals surface area contributed by atoms with Crippen molar-refractivity contribution >= 4 is 34.2 Å². The molecule has 0 spiro atoms. The number of thiol groups is 1. The van der Waals surface area contributed by atoms with Crippen molar-refractivity contribution in [3.8, 4) is 0 Å². The van der Waals surface area contributed by atoms with E-state index < -0.39 is 0 Å². The summed E-state index contributed by atoms with van der Waals surface area (Å²) in [5.41, 5.74) is 3.03. The van der Waals surface area contributed by atoms with Crippen LogP contribution in [0.5, 0.6) is 0 Å². The minimum atomic E-state index is 1.19. The van der Waals surface area contributed by atoms with E-state index in [1.165, 1.54) is 45.5 Å². The Labute approximate surface area is 113 Å². The fraction of sp³-hybridized carbons (Fsp3) is 0.176. The average molecular weight is 252 g/mol. The highest BCUT2D eigenvalue weighted by Crippen LogP contribution is 2.35. The molecule has 0 N–H and O–H groups in total. The molecule has 0 atom stereocenters. The maximum atomic E-state index is 3.53. The topological polar surface area (TPSA) is 0 Å². The molecular formula is C17H16S. The van der Waals surface area contributed by atoms with Crippen LogP contribution in [0.4, 0.5) is 0 Å². The monoisotopic (exact) mass is 252 g/mol. The standard InChI is InChI=1S/C16H12.CH4S/c1-3-11-7-9-13-5-2-6-14-10-8-12(4-1)15(11)16(13)14;1-2/h1-7,9H,8,10H2;2H,1H3. The molecular weight excluding hydrogens is 236 g/mol. The Morgan fingerprint density at radius 1 is 0.667 bits per heavy atom. The molecule has 0 unspecified atom stereocenters. The van der Waals surface area contributed by atoms with Crippen LogP contribution in [0, 0.1) is 0 Å². The van der Waals surface area contributed by atoms with Gasteiger partial charge in [0.1, 0.15) is 0 Å². The maximum absolute atomic E-state index is 3.53. The number of rotatable bonds is 0. The van der Waals surface area contributed by atoms with Crippen LogP contribution in [0.25, 0.3) is 21.5 Å². The minimum absolute atomic E-state index is 1.19. The first-order chi connectivity index (χ1) is 8.93. The summed E-state index contributed by atoms with van der Waals surface area (Å²) in [6.45, 7) is 0. The van der Waals surface area contributed by atoms with E-state index in [2.05, 4.69) is 61.2 Å². The second-order valence-electron chi connectivity index (χ2n) is 4.60. The lowest BCUT2D eigenvalue weighted by molar-refractivity contribution is 0.968. The molecule has 0 amide bonds. The molecule has 0 radical (unpaired) electrons. The van der Waals surface area contributed by atoms with Crippen LogP contribution in [-0.4, -0.2) is 6.26 Å². The molecule has 90 valence electrons. The Bertz CT molecular complexity index is 650. The Morgan fingerprint density at radius 2 is 1.11 bits per heavy atom. The first kappa shape index (κ1) is 11.6. The van der Waals surface area contributed by atoms with E-state index >= 15 is 0 Å². The van der Waals surface area contributed by atoms with Crippen molar-refractivity contribution in [2.24, 2.45) is 0 Å². The zero-order valence-corrected chi connectivity index (χ0v) is 11.4. The van der Waals surface area contributed by atoms with E-state index in [0.717, 1.165) is 0 Å². The van der Waals surface area contributed by atoms with Gasteiger partial charge in [-0.15, -0.1) is 0 Å². The number of aryl methyl sites for hydroxylation is 2. The largest absolute Gasteiger partial charge is 0.183 e. The third kappa shape index (κ3) is 1.62. The van der Waals surface area contributed by atoms with Gasteiger partial charge >= 0.3 is 0 Å². The molecule has 0 bridgehead atoms. The Morgan fingerprint density at radius 3 is 1.56 bits per heavy atom. The van der Waals surface area contributed by atoms with Crippen molar-refractivity contribution in [1.82, 2.24) is 0 Å². The summed E-state index contributed by atoms with van der Waals surface area (Å²) in [5.74, 6) is 0. The van der Waals surface area contributed by atoms with Crippen LogP contribution in [-0.2, 0) is 12.8 Å². The molecule has 1 aliphatic carbocycles. The van der Waals surface area contributed by atoms with Crippen LogP contribution in [0.3, 0.4) is 0 Å². The average Bonchev–Trinajstić information content (AvgIpc) is 2.47. The number of hydrogen-bond acceptors (Lipinski definition) is 1. The molecule has 1 heteroatoms. The summed E-state index contributed by atoms with van der Waals surface area (Å²) >= 11 is 3.53. The lowest BCUT2D eigenvalue weighted by atomic mass is 9.86. The summed E-state index contributed by atoms with van der Waals surface area (Å²) < 4.78 is 0. The highest BCUT2D eigenvalue weighted by Gasteiger charge is 2.13. The lowest BCUT2D eigenvalue weighted by Gasteiger charge is -2.18. The molecule has 0 aliphatic heterocycles. The summed E-state index contributed by atoms with van der Waals surface area (Å²) in [5, 5.41) is 5.75. The lowest BCUT2D eigenvalue weighted by Crippen LogP contribution is -2.00. The van der Waals surface area contributed by atoms with E-state index in [9.17, 15) is 0 Å². The van der Waals surface area contributed by atoms with Crippen molar-refractivity contribution < 1.29 is 0 Å². The van der Waals surface area contributed by atoms with Crippen LogP contribution < -0.4 is 0 Å². The molecule has 0 heterocycles. The van der Waals surface area contributed by atoms with Gasteiger partial charge in [0.25, 0.3) is 0 Å². The molecule has 1 aliphatic rings. The van der Waals surface area contributed by atoms with Crippen LogP contribution in [0.2, 0.25) is 0 Å². The number of benzene rings is 3. The van der Waals surface area contributed by atoms with Crippen molar-refractivity contribution in [2.75, 3.05) is 6.26 Å². The van der Waals surface area contributed by atoms with E-state index in [0.29, 0.717) is 0 Å². The second kappa shape index (κ2) is 4.66. The smallest absolute Gasteiger partial charge is 0.00704 e. The van der Waals surface area contributed by atoms with Gasteiger partial charge < -0.3 is 0 Å². The molecule has 18 heavy (non-hydrogen) atoms. The number of hydrogen-bond donors (Lipinski definition) is 1. The van der Waals surface area contributed by atoms with E-state index in [1.807, 2.05) is 0 Å². The summed E-state index contributed by atoms with van der Waals surface area (Å²) in [7, 11) is 0. The molecule has 0 saturated heterocycles. The molecule has 0 nitrogen and oxygen atoms in total. The second-order valence-corrected chi connectivity index (χ2v) is 4.60. The predicted octanol–water partition coefficient (Wildman–Crippen LogP) is 4.64. The Kier molecular flexibility index (Phi) is 3.00. The first-order valence-corrected chi connectivity index (χ1v) is 7.20. The van der Waals surface area contributed by atoms with Crippen molar-refractivity contribution in [3.05, 3.63) is 59.7 Å². The zero-order chi connectivity index (χ0) is 12.5. The predicted molar refractivity (Wildman–Crippen MR) is 83.8 cm³/mol. The Hall–Kier alpha value is -1.47. The molecule has 3 aromatic rings. The van der Waals surface area contributed by atoms with E-state index in [1.54, 1.807) is 6.26 Å². The quantitative estimate of drug-likeness (QED) is 0.437. The van der Waals surface area contributed by atoms with E-state index in [-0.39, 0.29) is 0 Å². The van der Waals surface area contributed by atoms with Gasteiger partial charge in [-0.05, 0) is 51.8 Å². The zero-order valence-electron chi connectivity index (χ0n) is 10.5. The van der Waals surface area contributed by atoms with Crippen LogP contribution in [0.15, 0.2) is 48.5 Å². The molecule has 0 saturated carbocycles. The van der Waals surface area contributed by atoms with Crippen molar-refractivity contribution in [2.45, 2.75) is 12.8 Å². The van der Waals surface area contributed by atoms with Gasteiger partial charge in [-0.2, -0.15) is 12.6 Å². The van der Waals surface area contributed by atoms with Crippen LogP contribution >= 0.6 is 12.6 Å². The molecule has 3 aromatic carbocycles. The molecule has 0 fully saturated rings. The van der Waals surface area contributed by atoms with Gasteiger partial charge in [0, 0.05) is 0 Å². The van der Waals surface area contributed by atoms with Crippen LogP contribution in [0.1, 0.15) is 11.1 Å².